The van der Waals surface area contributed by atoms with Crippen molar-refractivity contribution in [1.29, 1.82) is 0 Å². The molecule has 1 aliphatic rings. The number of nitrogens with one attached hydrogen (secondary N) is 1. The van der Waals surface area contributed by atoms with Gasteiger partial charge in [0.1, 0.15) is 12.1 Å². The zero-order chi connectivity index (χ0) is 16.2. The molecular weight excluding hydrogens is 274 g/mol. The maximum atomic E-state index is 12.5. The Bertz CT molecular complexity index is 398. The number of likely N-dealkylation sites (tertiary alicyclic amines) is 1. The number of aliphatic hydroxyl groups excluding tert-OH is 1. The van der Waals surface area contributed by atoms with E-state index in [1.54, 1.807) is 13.8 Å². The van der Waals surface area contributed by atoms with E-state index in [4.69, 9.17) is 5.73 Å². The van der Waals surface area contributed by atoms with E-state index in [1.807, 2.05) is 6.29 Å². The lowest BCUT2D eigenvalue weighted by atomic mass is 10.0. The second kappa shape index (κ2) is 7.51. The van der Waals surface area contributed by atoms with Gasteiger partial charge in [-0.1, -0.05) is 13.8 Å². The smallest absolute Gasteiger partial charge is 0.246 e. The van der Waals surface area contributed by atoms with Crippen molar-refractivity contribution in [1.82, 2.24) is 10.2 Å². The number of carbonyl (C=O) groups excluding carboxylic acids is 3. The third-order valence-corrected chi connectivity index (χ3v) is 3.72. The van der Waals surface area contributed by atoms with Crippen molar-refractivity contribution in [2.45, 2.75) is 57.8 Å². The van der Waals surface area contributed by atoms with Crippen LogP contribution in [0.1, 0.15) is 33.6 Å². The Labute approximate surface area is 124 Å². The molecule has 1 saturated heterocycles. The zero-order valence-electron chi connectivity index (χ0n) is 12.7. The Morgan fingerprint density at radius 1 is 1.38 bits per heavy atom. The summed E-state index contributed by atoms with van der Waals surface area (Å²) >= 11 is 0. The van der Waals surface area contributed by atoms with Gasteiger partial charge in [0.05, 0.1) is 12.1 Å². The lowest BCUT2D eigenvalue weighted by Gasteiger charge is -2.29. The number of nitrogens with zero attached hydrogens (tertiary/aromatic N) is 1. The molecule has 1 fully saturated rings. The van der Waals surface area contributed by atoms with Gasteiger partial charge in [0, 0.05) is 6.54 Å². The molecule has 3 unspecified atom stereocenters. The third-order valence-electron chi connectivity index (χ3n) is 3.72. The molecule has 1 heterocycles. The molecule has 7 nitrogen and oxygen atoms in total. The average molecular weight is 298 g/mol. The van der Waals surface area contributed by atoms with Crippen LogP contribution in [0.5, 0.6) is 0 Å². The maximum absolute atomic E-state index is 12.5. The van der Waals surface area contributed by atoms with E-state index in [9.17, 15) is 19.5 Å². The van der Waals surface area contributed by atoms with E-state index < -0.39 is 30.1 Å². The van der Waals surface area contributed by atoms with E-state index in [0.29, 0.717) is 13.0 Å². The van der Waals surface area contributed by atoms with Gasteiger partial charge >= 0.3 is 0 Å². The van der Waals surface area contributed by atoms with Gasteiger partial charge < -0.3 is 21.1 Å². The summed E-state index contributed by atoms with van der Waals surface area (Å²) in [6.07, 6.45) is 2.20. The summed E-state index contributed by atoms with van der Waals surface area (Å²) in [5.74, 6) is -1.04. The monoisotopic (exact) mass is 298 g/mol. The van der Waals surface area contributed by atoms with Gasteiger partial charge in [0.2, 0.25) is 18.1 Å². The molecule has 119 valence electrons. The van der Waals surface area contributed by atoms with Crippen LogP contribution < -0.4 is 11.1 Å². The fourth-order valence-electron chi connectivity index (χ4n) is 2.31. The minimum Gasteiger partial charge on any atom is -0.391 e. The molecule has 2 amide bonds. The number of nitrogens with two attached hydrogens (primary N) is 1. The Morgan fingerprint density at radius 3 is 2.48 bits per heavy atom. The van der Waals surface area contributed by atoms with Crippen LogP contribution in [0, 0.1) is 5.92 Å². The van der Waals surface area contributed by atoms with Crippen LogP contribution in [-0.4, -0.2) is 58.9 Å². The number of aliphatic hydroxyl groups is 1. The van der Waals surface area contributed by atoms with E-state index >= 15 is 0 Å². The first-order chi connectivity index (χ1) is 9.79. The number of hydrogen-bond donors (Lipinski definition) is 3. The van der Waals surface area contributed by atoms with Crippen LogP contribution in [0.2, 0.25) is 0 Å². The highest BCUT2D eigenvalue weighted by atomic mass is 16.3. The molecule has 0 spiro atoms. The Balaban J connectivity index is 2.79. The molecular formula is C14H24N3O4. The Morgan fingerprint density at radius 2 is 2.00 bits per heavy atom. The average Bonchev–Trinajstić information content (AvgIpc) is 2.90. The predicted molar refractivity (Wildman–Crippen MR) is 76.9 cm³/mol. The number of amides is 2. The number of hydrogen-bond acceptors (Lipinski definition) is 5. The molecule has 21 heavy (non-hydrogen) atoms. The van der Waals surface area contributed by atoms with Crippen molar-refractivity contribution in [3.63, 3.8) is 0 Å². The molecule has 4 N–H and O–H groups in total. The highest BCUT2D eigenvalue weighted by molar-refractivity contribution is 5.91. The Kier molecular flexibility index (Phi) is 6.29. The molecule has 1 radical (unpaired) electrons. The molecule has 7 heteroatoms. The minimum absolute atomic E-state index is 0.157. The standard InChI is InChI=1S/C14H24N3O4/c1-8(2)12(16-13(20)11(15)9(3)19)14(21)17-6-4-5-10(17)7-18/h8-12,19H,4-6,15H2,1-3H3,(H,16,20)/t9?,10?,11?,12-/m1/s1. The van der Waals surface area contributed by atoms with Crippen LogP contribution in [0.4, 0.5) is 0 Å². The SMILES string of the molecule is CC(O)C(N)C(=O)N[C@@H](C(=O)N1CCCC1[C]=O)C(C)C. The summed E-state index contributed by atoms with van der Waals surface area (Å²) in [6.45, 7) is 5.49. The predicted octanol–water partition coefficient (Wildman–Crippen LogP) is -1.06. The lowest BCUT2D eigenvalue weighted by molar-refractivity contribution is -0.138. The zero-order valence-corrected chi connectivity index (χ0v) is 12.7. The number of carbonyl (C=O) groups is 2. The van der Waals surface area contributed by atoms with Crippen LogP contribution >= 0.6 is 0 Å². The number of rotatable bonds is 6. The molecule has 0 bridgehead atoms. The second-order valence-corrected chi connectivity index (χ2v) is 5.80. The highest BCUT2D eigenvalue weighted by Gasteiger charge is 2.36. The van der Waals surface area contributed by atoms with Crippen molar-refractivity contribution < 1.29 is 19.5 Å². The van der Waals surface area contributed by atoms with Gasteiger partial charge in [0.15, 0.2) is 0 Å². The molecule has 1 rings (SSSR count). The van der Waals surface area contributed by atoms with Gasteiger partial charge in [0.25, 0.3) is 0 Å². The van der Waals surface area contributed by atoms with E-state index in [2.05, 4.69) is 5.32 Å². The van der Waals surface area contributed by atoms with Crippen molar-refractivity contribution in [2.75, 3.05) is 6.54 Å². The second-order valence-electron chi connectivity index (χ2n) is 5.80. The molecule has 0 aromatic rings. The van der Waals surface area contributed by atoms with Crippen molar-refractivity contribution in [2.24, 2.45) is 11.7 Å². The molecule has 0 aromatic heterocycles. The summed E-state index contributed by atoms with van der Waals surface area (Å²) < 4.78 is 0. The van der Waals surface area contributed by atoms with Crippen LogP contribution in [-0.2, 0) is 14.4 Å². The molecule has 1 aliphatic heterocycles. The van der Waals surface area contributed by atoms with Crippen LogP contribution in [0.3, 0.4) is 0 Å². The van der Waals surface area contributed by atoms with Crippen molar-refractivity contribution >= 4 is 18.1 Å². The molecule has 0 aliphatic carbocycles. The minimum atomic E-state index is -1.09. The first-order valence-electron chi connectivity index (χ1n) is 7.21. The van der Waals surface area contributed by atoms with Crippen molar-refractivity contribution in [3.05, 3.63) is 0 Å². The quantitative estimate of drug-likeness (QED) is 0.578. The summed E-state index contributed by atoms with van der Waals surface area (Å²) in [5.41, 5.74) is 5.57. The van der Waals surface area contributed by atoms with Gasteiger partial charge in [-0.05, 0) is 25.7 Å². The third kappa shape index (κ3) is 4.25. The van der Waals surface area contributed by atoms with Gasteiger partial charge in [-0.25, -0.2) is 0 Å². The van der Waals surface area contributed by atoms with Crippen LogP contribution in [0.15, 0.2) is 0 Å². The molecule has 0 aromatic carbocycles. The lowest BCUT2D eigenvalue weighted by Crippen LogP contribution is -2.57. The van der Waals surface area contributed by atoms with Crippen molar-refractivity contribution in [3.8, 4) is 0 Å². The van der Waals surface area contributed by atoms with Gasteiger partial charge in [-0.3, -0.25) is 14.4 Å². The maximum Gasteiger partial charge on any atom is 0.246 e. The molecule has 4 atom stereocenters. The highest BCUT2D eigenvalue weighted by Crippen LogP contribution is 2.18. The summed E-state index contributed by atoms with van der Waals surface area (Å²) in [4.78, 5) is 36.8. The summed E-state index contributed by atoms with van der Waals surface area (Å²) in [7, 11) is 0. The summed E-state index contributed by atoms with van der Waals surface area (Å²) in [6, 6.07) is -2.40. The summed E-state index contributed by atoms with van der Waals surface area (Å²) in [5, 5.41) is 11.9. The largest absolute Gasteiger partial charge is 0.391 e. The first kappa shape index (κ1) is 17.6. The topological polar surface area (TPSA) is 113 Å². The van der Waals surface area contributed by atoms with E-state index in [-0.39, 0.29) is 11.8 Å². The fraction of sp³-hybridized carbons (Fsp3) is 0.786. The first-order valence-corrected chi connectivity index (χ1v) is 7.21. The molecule has 0 saturated carbocycles. The van der Waals surface area contributed by atoms with E-state index in [1.165, 1.54) is 11.8 Å². The fourth-order valence-corrected chi connectivity index (χ4v) is 2.31. The van der Waals surface area contributed by atoms with E-state index in [0.717, 1.165) is 6.42 Å². The van der Waals surface area contributed by atoms with Gasteiger partial charge in [-0.2, -0.15) is 0 Å². The Hall–Kier alpha value is -1.47. The van der Waals surface area contributed by atoms with Gasteiger partial charge in [-0.15, -0.1) is 0 Å². The van der Waals surface area contributed by atoms with Crippen LogP contribution in [0.25, 0.3) is 0 Å². The normalized spacial score (nSPS) is 22.8.